The van der Waals surface area contributed by atoms with Gasteiger partial charge in [0.2, 0.25) is 0 Å². The lowest BCUT2D eigenvalue weighted by atomic mass is 10.3. The number of hydrogen-bond acceptors (Lipinski definition) is 5. The Balaban J connectivity index is 0.00000480. The minimum atomic E-state index is -3.05. The van der Waals surface area contributed by atoms with Gasteiger partial charge in [0.15, 0.2) is 15.8 Å². The maximum Gasteiger partial charge on any atom is 0.195 e. The van der Waals surface area contributed by atoms with E-state index in [9.17, 15) is 8.42 Å². The Morgan fingerprint density at radius 2 is 1.77 bits per heavy atom. The number of nitrogens with zero attached hydrogens (tertiary/aromatic N) is 1. The zero-order valence-corrected chi connectivity index (χ0v) is 22.2. The highest BCUT2D eigenvalue weighted by Gasteiger charge is 2.07. The Hall–Kier alpha value is -1.46. The Kier molecular flexibility index (Phi) is 13.0. The summed E-state index contributed by atoms with van der Waals surface area (Å²) in [7, 11) is -3.05. The van der Waals surface area contributed by atoms with E-state index in [1.54, 1.807) is 18.7 Å². The van der Waals surface area contributed by atoms with Crippen LogP contribution in [0.5, 0.6) is 5.75 Å². The molecule has 0 aliphatic heterocycles. The number of benzene rings is 2. The molecule has 0 spiro atoms. The second-order valence-electron chi connectivity index (χ2n) is 6.87. The predicted molar refractivity (Wildman–Crippen MR) is 143 cm³/mol. The second-order valence-corrected chi connectivity index (χ2v) is 10.5. The van der Waals surface area contributed by atoms with Gasteiger partial charge < -0.3 is 15.4 Å². The SMILES string of the molecule is CCS(=O)(=O)CCN=C(NCCSc1ccccc1)Nc1ccc(OC(C)C)cc1.I. The topological polar surface area (TPSA) is 79.8 Å². The number of rotatable bonds is 11. The minimum absolute atomic E-state index is 0. The molecular weight excluding hydrogens is 545 g/mol. The van der Waals surface area contributed by atoms with Gasteiger partial charge in [0, 0.05) is 28.6 Å². The standard InChI is InChI=1S/C22H31N3O3S2.HI/c1-4-30(26,27)17-15-24-22(23-14-16-29-21-8-6-5-7-9-21)25-19-10-12-20(13-11-19)28-18(2)3;/h5-13,18H,4,14-17H2,1-3H3,(H2,23,24,25);1H. The summed E-state index contributed by atoms with van der Waals surface area (Å²) in [6.45, 7) is 6.53. The fourth-order valence-corrected chi connectivity index (χ4v) is 3.91. The van der Waals surface area contributed by atoms with Crippen molar-refractivity contribution in [3.8, 4) is 5.75 Å². The molecule has 0 saturated heterocycles. The van der Waals surface area contributed by atoms with Crippen LogP contribution in [0.1, 0.15) is 20.8 Å². The normalized spacial score (nSPS) is 11.7. The minimum Gasteiger partial charge on any atom is -0.491 e. The average Bonchev–Trinajstić information content (AvgIpc) is 2.72. The van der Waals surface area contributed by atoms with Gasteiger partial charge in [-0.2, -0.15) is 0 Å². The van der Waals surface area contributed by atoms with Crippen LogP contribution in [0.15, 0.2) is 64.5 Å². The van der Waals surface area contributed by atoms with Gasteiger partial charge in [0.1, 0.15) is 5.75 Å². The number of guanidine groups is 1. The predicted octanol–water partition coefficient (Wildman–Crippen LogP) is 4.68. The van der Waals surface area contributed by atoms with Crippen LogP contribution >= 0.6 is 35.7 Å². The molecule has 0 fully saturated rings. The molecule has 0 heterocycles. The molecule has 9 heteroatoms. The van der Waals surface area contributed by atoms with Crippen LogP contribution in [-0.2, 0) is 9.84 Å². The number of nitrogens with one attached hydrogen (secondary N) is 2. The summed E-state index contributed by atoms with van der Waals surface area (Å²) in [6.07, 6.45) is 0.116. The molecule has 0 atom stereocenters. The molecule has 2 rings (SSSR count). The van der Waals surface area contributed by atoms with E-state index in [0.717, 1.165) is 17.2 Å². The molecule has 0 amide bonds. The highest BCUT2D eigenvalue weighted by Crippen LogP contribution is 2.17. The van der Waals surface area contributed by atoms with Gasteiger partial charge in [-0.1, -0.05) is 25.1 Å². The lowest BCUT2D eigenvalue weighted by Gasteiger charge is -2.14. The third-order valence-electron chi connectivity index (χ3n) is 4.01. The number of aliphatic imine (C=N–C) groups is 1. The Morgan fingerprint density at radius 1 is 1.10 bits per heavy atom. The van der Waals surface area contributed by atoms with E-state index in [1.165, 1.54) is 4.90 Å². The molecule has 6 nitrogen and oxygen atoms in total. The molecule has 172 valence electrons. The summed E-state index contributed by atoms with van der Waals surface area (Å²) in [5.41, 5.74) is 0.853. The van der Waals surface area contributed by atoms with Crippen LogP contribution in [0.3, 0.4) is 0 Å². The fraction of sp³-hybridized carbons (Fsp3) is 0.409. The van der Waals surface area contributed by atoms with Crippen molar-refractivity contribution >= 4 is 57.2 Å². The number of halogens is 1. The highest BCUT2D eigenvalue weighted by atomic mass is 127. The summed E-state index contributed by atoms with van der Waals surface area (Å²) in [5, 5.41) is 6.52. The van der Waals surface area contributed by atoms with Gasteiger partial charge in [-0.3, -0.25) is 4.99 Å². The zero-order valence-electron chi connectivity index (χ0n) is 18.2. The summed E-state index contributed by atoms with van der Waals surface area (Å²) in [6, 6.07) is 17.8. The van der Waals surface area contributed by atoms with Crippen molar-refractivity contribution in [3.63, 3.8) is 0 Å². The lowest BCUT2D eigenvalue weighted by Crippen LogP contribution is -2.33. The maximum atomic E-state index is 11.8. The molecule has 2 N–H and O–H groups in total. The first-order valence-corrected chi connectivity index (χ1v) is 12.9. The molecular formula is C22H32IN3O3S2. The number of anilines is 1. The summed E-state index contributed by atoms with van der Waals surface area (Å²) >= 11 is 1.75. The maximum absolute atomic E-state index is 11.8. The molecule has 0 saturated carbocycles. The van der Waals surface area contributed by atoms with Crippen LogP contribution in [0.2, 0.25) is 0 Å². The monoisotopic (exact) mass is 577 g/mol. The van der Waals surface area contributed by atoms with E-state index in [4.69, 9.17) is 4.74 Å². The van der Waals surface area contributed by atoms with Crippen molar-refractivity contribution in [1.29, 1.82) is 0 Å². The highest BCUT2D eigenvalue weighted by molar-refractivity contribution is 14.0. The van der Waals surface area contributed by atoms with E-state index in [1.807, 2.05) is 56.3 Å². The summed E-state index contributed by atoms with van der Waals surface area (Å²) in [4.78, 5) is 5.65. The van der Waals surface area contributed by atoms with E-state index in [2.05, 4.69) is 27.8 Å². The van der Waals surface area contributed by atoms with Crippen LogP contribution in [-0.4, -0.2) is 50.8 Å². The molecule has 0 bridgehead atoms. The average molecular weight is 578 g/mol. The van der Waals surface area contributed by atoms with Crippen LogP contribution in [0.25, 0.3) is 0 Å². The van der Waals surface area contributed by atoms with Gasteiger partial charge in [-0.25, -0.2) is 8.42 Å². The van der Waals surface area contributed by atoms with Crippen molar-refractivity contribution < 1.29 is 13.2 Å². The second kappa shape index (κ2) is 14.6. The molecule has 0 aliphatic rings. The fourth-order valence-electron chi connectivity index (χ4n) is 2.46. The van der Waals surface area contributed by atoms with E-state index in [-0.39, 0.29) is 48.1 Å². The number of hydrogen-bond donors (Lipinski definition) is 2. The van der Waals surface area contributed by atoms with Gasteiger partial charge in [0.05, 0.1) is 18.4 Å². The number of sulfone groups is 1. The molecule has 0 aliphatic carbocycles. The van der Waals surface area contributed by atoms with Crippen LogP contribution in [0, 0.1) is 0 Å². The van der Waals surface area contributed by atoms with Crippen LogP contribution < -0.4 is 15.4 Å². The van der Waals surface area contributed by atoms with Gasteiger partial charge in [-0.15, -0.1) is 35.7 Å². The van der Waals surface area contributed by atoms with Crippen molar-refractivity contribution in [2.24, 2.45) is 4.99 Å². The molecule has 0 aromatic heterocycles. The quantitative estimate of drug-likeness (QED) is 0.133. The van der Waals surface area contributed by atoms with Crippen molar-refractivity contribution in [2.75, 3.05) is 35.7 Å². The number of thioether (sulfide) groups is 1. The first-order valence-electron chi connectivity index (χ1n) is 10.1. The van der Waals surface area contributed by atoms with Gasteiger partial charge in [0.25, 0.3) is 0 Å². The third kappa shape index (κ3) is 11.6. The molecule has 2 aromatic rings. The van der Waals surface area contributed by atoms with Gasteiger partial charge in [-0.05, 0) is 50.2 Å². The Labute approximate surface area is 207 Å². The molecule has 31 heavy (non-hydrogen) atoms. The largest absolute Gasteiger partial charge is 0.491 e. The van der Waals surface area contributed by atoms with Crippen molar-refractivity contribution in [2.45, 2.75) is 31.8 Å². The third-order valence-corrected chi connectivity index (χ3v) is 6.71. The summed E-state index contributed by atoms with van der Waals surface area (Å²) in [5.74, 6) is 2.39. The van der Waals surface area contributed by atoms with Crippen LogP contribution in [0.4, 0.5) is 5.69 Å². The van der Waals surface area contributed by atoms with Crippen molar-refractivity contribution in [3.05, 3.63) is 54.6 Å². The van der Waals surface area contributed by atoms with E-state index >= 15 is 0 Å². The lowest BCUT2D eigenvalue weighted by molar-refractivity contribution is 0.242. The summed E-state index contributed by atoms with van der Waals surface area (Å²) < 4.78 is 29.2. The van der Waals surface area contributed by atoms with E-state index < -0.39 is 9.84 Å². The molecule has 0 radical (unpaired) electrons. The smallest absolute Gasteiger partial charge is 0.195 e. The first-order chi connectivity index (χ1) is 14.4. The number of ether oxygens (including phenoxy) is 1. The Bertz CT molecular complexity index is 890. The zero-order chi connectivity index (χ0) is 21.8. The molecule has 2 aromatic carbocycles. The van der Waals surface area contributed by atoms with E-state index in [0.29, 0.717) is 12.5 Å². The first kappa shape index (κ1) is 27.6. The van der Waals surface area contributed by atoms with Crippen molar-refractivity contribution in [1.82, 2.24) is 5.32 Å². The molecule has 0 unspecified atom stereocenters. The van der Waals surface area contributed by atoms with Gasteiger partial charge >= 0.3 is 0 Å². The Morgan fingerprint density at radius 3 is 2.39 bits per heavy atom.